The highest BCUT2D eigenvalue weighted by Gasteiger charge is 2.25. The molecule has 3 rings (SSSR count). The van der Waals surface area contributed by atoms with Crippen molar-refractivity contribution in [1.29, 1.82) is 0 Å². The number of carbonyl (C=O) groups is 1. The molecule has 0 amide bonds. The average Bonchev–Trinajstić information content (AvgIpc) is 3.08. The molecular formula is C20H15F4NO6. The topological polar surface area (TPSA) is 75.6 Å². The number of nitrogens with zero attached hydrogens (tertiary/aromatic N) is 1. The Morgan fingerprint density at radius 1 is 0.935 bits per heavy atom. The second kappa shape index (κ2) is 9.37. The Labute approximate surface area is 173 Å². The summed E-state index contributed by atoms with van der Waals surface area (Å²) in [5, 5.41) is 0. The summed E-state index contributed by atoms with van der Waals surface area (Å²) >= 11 is 0. The van der Waals surface area contributed by atoms with Gasteiger partial charge in [-0.2, -0.15) is 17.6 Å². The molecule has 0 atom stereocenters. The highest BCUT2D eigenvalue weighted by atomic mass is 19.3. The molecule has 1 aliphatic heterocycles. The van der Waals surface area contributed by atoms with E-state index in [0.29, 0.717) is 11.1 Å². The summed E-state index contributed by atoms with van der Waals surface area (Å²) in [7, 11) is 2.51. The second-order valence-corrected chi connectivity index (χ2v) is 5.87. The minimum absolute atomic E-state index is 0.0447. The number of hydrogen-bond donors (Lipinski definition) is 0. The Bertz CT molecular complexity index is 996. The van der Waals surface area contributed by atoms with Crippen LogP contribution in [0.4, 0.5) is 17.6 Å². The van der Waals surface area contributed by atoms with Crippen molar-refractivity contribution >= 4 is 17.9 Å². The standard InChI is InChI=1S/C20H15F4NO6/c1-27-14-8-10(9-15(28-2)16(14)30-20(23)24)7-13-18(26)31-17(25-13)11-3-5-12(6-4-11)29-19(21)22/h3-9,19-20H,1-2H3/b13-7-. The van der Waals surface area contributed by atoms with Crippen LogP contribution in [0.15, 0.2) is 47.1 Å². The van der Waals surface area contributed by atoms with Gasteiger partial charge in [0, 0.05) is 5.56 Å². The van der Waals surface area contributed by atoms with Crippen LogP contribution in [-0.2, 0) is 9.53 Å². The Morgan fingerprint density at radius 2 is 1.52 bits per heavy atom. The number of rotatable bonds is 8. The van der Waals surface area contributed by atoms with E-state index < -0.39 is 19.2 Å². The van der Waals surface area contributed by atoms with Gasteiger partial charge in [-0.3, -0.25) is 0 Å². The Morgan fingerprint density at radius 3 is 2.03 bits per heavy atom. The van der Waals surface area contributed by atoms with Crippen LogP contribution in [0.1, 0.15) is 11.1 Å². The number of benzene rings is 2. The summed E-state index contributed by atoms with van der Waals surface area (Å²) in [6.07, 6.45) is 1.33. The molecule has 2 aromatic rings. The van der Waals surface area contributed by atoms with E-state index in [1.165, 1.54) is 56.7 Å². The molecule has 0 aromatic heterocycles. The van der Waals surface area contributed by atoms with Gasteiger partial charge in [-0.25, -0.2) is 9.79 Å². The Hall–Kier alpha value is -3.76. The molecule has 2 aromatic carbocycles. The summed E-state index contributed by atoms with van der Waals surface area (Å²) in [6.45, 7) is -6.06. The van der Waals surface area contributed by atoms with Crippen LogP contribution < -0.4 is 18.9 Å². The first-order chi connectivity index (χ1) is 14.8. The van der Waals surface area contributed by atoms with E-state index >= 15 is 0 Å². The Kier molecular flexibility index (Phi) is 6.63. The lowest BCUT2D eigenvalue weighted by molar-refractivity contribution is -0.129. The van der Waals surface area contributed by atoms with Crippen molar-refractivity contribution in [3.8, 4) is 23.0 Å². The molecule has 0 saturated heterocycles. The van der Waals surface area contributed by atoms with E-state index in [-0.39, 0.29) is 34.6 Å². The molecule has 0 saturated carbocycles. The van der Waals surface area contributed by atoms with Gasteiger partial charge in [0.05, 0.1) is 14.2 Å². The van der Waals surface area contributed by atoms with E-state index in [4.69, 9.17) is 14.2 Å². The second-order valence-electron chi connectivity index (χ2n) is 5.87. The summed E-state index contributed by atoms with van der Waals surface area (Å²) in [6, 6.07) is 8.05. The molecule has 31 heavy (non-hydrogen) atoms. The van der Waals surface area contributed by atoms with Crippen LogP contribution in [0.2, 0.25) is 0 Å². The third-order valence-corrected chi connectivity index (χ3v) is 3.94. The number of cyclic esters (lactones) is 1. The third-order valence-electron chi connectivity index (χ3n) is 3.94. The fourth-order valence-corrected chi connectivity index (χ4v) is 2.66. The minimum atomic E-state index is -3.10. The number of ether oxygens (including phenoxy) is 5. The normalized spacial score (nSPS) is 14.6. The molecule has 0 N–H and O–H groups in total. The molecule has 0 fully saturated rings. The third kappa shape index (κ3) is 5.24. The molecule has 1 heterocycles. The van der Waals surface area contributed by atoms with Crippen molar-refractivity contribution in [2.45, 2.75) is 13.2 Å². The maximum atomic E-state index is 12.7. The summed E-state index contributed by atoms with van der Waals surface area (Å²) in [5.41, 5.74) is 0.608. The molecule has 1 aliphatic rings. The lowest BCUT2D eigenvalue weighted by atomic mass is 10.1. The zero-order valence-electron chi connectivity index (χ0n) is 16.1. The van der Waals surface area contributed by atoms with Gasteiger partial charge < -0.3 is 23.7 Å². The lowest BCUT2D eigenvalue weighted by Gasteiger charge is -2.14. The summed E-state index contributed by atoms with van der Waals surface area (Å²) < 4.78 is 73.7. The van der Waals surface area contributed by atoms with Gasteiger partial charge in [-0.05, 0) is 48.0 Å². The molecule has 164 valence electrons. The summed E-state index contributed by atoms with van der Waals surface area (Å²) in [5.74, 6) is -1.27. The zero-order valence-corrected chi connectivity index (χ0v) is 16.1. The van der Waals surface area contributed by atoms with E-state index in [1.54, 1.807) is 0 Å². The first kappa shape index (κ1) is 21.9. The maximum Gasteiger partial charge on any atom is 0.387 e. The van der Waals surface area contributed by atoms with Crippen molar-refractivity contribution in [1.82, 2.24) is 0 Å². The van der Waals surface area contributed by atoms with Gasteiger partial charge in [0.1, 0.15) is 5.75 Å². The van der Waals surface area contributed by atoms with E-state index in [1.807, 2.05) is 0 Å². The van der Waals surface area contributed by atoms with Crippen LogP contribution >= 0.6 is 0 Å². The fraction of sp³-hybridized carbons (Fsp3) is 0.200. The van der Waals surface area contributed by atoms with Crippen molar-refractivity contribution < 1.29 is 46.0 Å². The predicted octanol–water partition coefficient (Wildman–Crippen LogP) is 4.25. The molecule has 11 heteroatoms. The highest BCUT2D eigenvalue weighted by molar-refractivity contribution is 6.12. The van der Waals surface area contributed by atoms with E-state index in [9.17, 15) is 22.4 Å². The number of halogens is 4. The van der Waals surface area contributed by atoms with Crippen LogP contribution in [0, 0.1) is 0 Å². The first-order valence-corrected chi connectivity index (χ1v) is 8.59. The van der Waals surface area contributed by atoms with Crippen LogP contribution in [-0.4, -0.2) is 39.3 Å². The molecule has 0 aliphatic carbocycles. The van der Waals surface area contributed by atoms with Crippen LogP contribution in [0.25, 0.3) is 6.08 Å². The monoisotopic (exact) mass is 441 g/mol. The molecular weight excluding hydrogens is 426 g/mol. The quantitative estimate of drug-likeness (QED) is 0.346. The fourth-order valence-electron chi connectivity index (χ4n) is 2.66. The first-order valence-electron chi connectivity index (χ1n) is 8.59. The largest absolute Gasteiger partial charge is 0.493 e. The van der Waals surface area contributed by atoms with Gasteiger partial charge in [-0.15, -0.1) is 0 Å². The van der Waals surface area contributed by atoms with Crippen molar-refractivity contribution in [3.63, 3.8) is 0 Å². The SMILES string of the molecule is COc1cc(/C=C2\N=C(c3ccc(OC(F)F)cc3)OC2=O)cc(OC)c1OC(F)F. The number of methoxy groups -OCH3 is 2. The summed E-state index contributed by atoms with van der Waals surface area (Å²) in [4.78, 5) is 16.3. The number of carbonyl (C=O) groups excluding carboxylic acids is 1. The Balaban J connectivity index is 1.91. The van der Waals surface area contributed by atoms with E-state index in [2.05, 4.69) is 14.5 Å². The zero-order chi connectivity index (χ0) is 22.5. The van der Waals surface area contributed by atoms with Crippen molar-refractivity contribution in [3.05, 3.63) is 53.2 Å². The van der Waals surface area contributed by atoms with Gasteiger partial charge in [0.25, 0.3) is 0 Å². The predicted molar refractivity (Wildman–Crippen MR) is 99.9 cm³/mol. The maximum absolute atomic E-state index is 12.7. The molecule has 0 radical (unpaired) electrons. The van der Waals surface area contributed by atoms with Gasteiger partial charge in [0.15, 0.2) is 17.2 Å². The number of aliphatic imine (C=N–C) groups is 1. The van der Waals surface area contributed by atoms with Crippen LogP contribution in [0.3, 0.4) is 0 Å². The van der Waals surface area contributed by atoms with Crippen LogP contribution in [0.5, 0.6) is 23.0 Å². The average molecular weight is 441 g/mol. The van der Waals surface area contributed by atoms with Crippen molar-refractivity contribution in [2.75, 3.05) is 14.2 Å². The van der Waals surface area contributed by atoms with Crippen molar-refractivity contribution in [2.24, 2.45) is 4.99 Å². The molecule has 7 nitrogen and oxygen atoms in total. The van der Waals surface area contributed by atoms with Gasteiger partial charge in [0.2, 0.25) is 11.6 Å². The number of esters is 1. The number of hydrogen-bond acceptors (Lipinski definition) is 7. The van der Waals surface area contributed by atoms with E-state index in [0.717, 1.165) is 0 Å². The molecule has 0 unspecified atom stereocenters. The minimum Gasteiger partial charge on any atom is -0.493 e. The molecule has 0 bridgehead atoms. The van der Waals surface area contributed by atoms with Gasteiger partial charge >= 0.3 is 19.2 Å². The highest BCUT2D eigenvalue weighted by Crippen LogP contribution is 2.40. The smallest absolute Gasteiger partial charge is 0.387 e. The number of alkyl halides is 4. The lowest BCUT2D eigenvalue weighted by Crippen LogP contribution is -2.06. The van der Waals surface area contributed by atoms with Gasteiger partial charge in [-0.1, -0.05) is 0 Å². The molecule has 0 spiro atoms.